The molecular weight excluding hydrogens is 315 g/mol. The van der Waals surface area contributed by atoms with Crippen LogP contribution in [0.3, 0.4) is 0 Å². The van der Waals surface area contributed by atoms with Gasteiger partial charge >= 0.3 is 6.03 Å². The molecule has 0 radical (unpaired) electrons. The first-order chi connectivity index (χ1) is 11.6. The maximum Gasteiger partial charge on any atom is 0.319 e. The smallest absolute Gasteiger partial charge is 0.319 e. The molecule has 1 heterocycles. The van der Waals surface area contributed by atoms with Crippen LogP contribution in [0, 0.1) is 11.7 Å². The highest BCUT2D eigenvalue weighted by Gasteiger charge is 2.22. The van der Waals surface area contributed by atoms with Gasteiger partial charge in [-0.25, -0.2) is 9.18 Å². The van der Waals surface area contributed by atoms with Crippen LogP contribution in [0.15, 0.2) is 41.0 Å². The van der Waals surface area contributed by atoms with Crippen molar-refractivity contribution in [3.63, 3.8) is 0 Å². The van der Waals surface area contributed by atoms with E-state index >= 15 is 0 Å². The zero-order chi connectivity index (χ0) is 16.9. The van der Waals surface area contributed by atoms with E-state index < -0.39 is 18.0 Å². The zero-order valence-electron chi connectivity index (χ0n) is 13.0. The number of urea groups is 1. The molecule has 24 heavy (non-hydrogen) atoms. The van der Waals surface area contributed by atoms with Crippen molar-refractivity contribution in [3.8, 4) is 5.75 Å². The third-order valence-corrected chi connectivity index (χ3v) is 3.69. The maximum atomic E-state index is 13.4. The molecule has 0 bridgehead atoms. The Kier molecular flexibility index (Phi) is 5.00. The van der Waals surface area contributed by atoms with Crippen LogP contribution in [-0.2, 0) is 0 Å². The second kappa shape index (κ2) is 7.35. The second-order valence-corrected chi connectivity index (χ2v) is 5.76. The maximum absolute atomic E-state index is 13.4. The molecule has 1 fully saturated rings. The molecule has 1 saturated carbocycles. The van der Waals surface area contributed by atoms with E-state index in [9.17, 15) is 14.3 Å². The van der Waals surface area contributed by atoms with Crippen molar-refractivity contribution in [1.82, 2.24) is 5.32 Å². The first kappa shape index (κ1) is 16.3. The number of carbonyl (C=O) groups excluding carboxylic acids is 1. The predicted octanol–water partition coefficient (Wildman–Crippen LogP) is 3.06. The van der Waals surface area contributed by atoms with Gasteiger partial charge in [0.2, 0.25) is 0 Å². The fourth-order valence-electron chi connectivity index (χ4n) is 2.15. The van der Waals surface area contributed by atoms with E-state index in [1.54, 1.807) is 12.1 Å². The number of aliphatic hydroxyl groups is 1. The Bertz CT molecular complexity index is 686. The van der Waals surface area contributed by atoms with Crippen molar-refractivity contribution in [2.24, 2.45) is 5.92 Å². The minimum Gasteiger partial charge on any atom is -0.491 e. The lowest BCUT2D eigenvalue weighted by Gasteiger charge is -2.14. The molecule has 1 aromatic carbocycles. The molecule has 0 spiro atoms. The van der Waals surface area contributed by atoms with Gasteiger partial charge in [-0.3, -0.25) is 0 Å². The van der Waals surface area contributed by atoms with Crippen molar-refractivity contribution in [3.05, 3.63) is 48.2 Å². The van der Waals surface area contributed by atoms with Crippen molar-refractivity contribution in [1.29, 1.82) is 0 Å². The fraction of sp³-hybridized carbons (Fsp3) is 0.353. The highest BCUT2D eigenvalue weighted by Crippen LogP contribution is 2.32. The molecule has 0 saturated heterocycles. The highest BCUT2D eigenvalue weighted by molar-refractivity contribution is 5.90. The van der Waals surface area contributed by atoms with Gasteiger partial charge in [-0.15, -0.1) is 0 Å². The topological polar surface area (TPSA) is 83.7 Å². The Morgan fingerprint density at radius 2 is 2.25 bits per heavy atom. The molecule has 3 N–H and O–H groups in total. The second-order valence-electron chi connectivity index (χ2n) is 5.76. The molecule has 6 nitrogen and oxygen atoms in total. The highest BCUT2D eigenvalue weighted by atomic mass is 19.1. The Balaban J connectivity index is 1.54. The SMILES string of the molecule is O=C(NC[C@H](O)c1ccco1)Nc1ccc(F)cc1OCC1CC1. The number of rotatable bonds is 7. The number of hydrogen-bond donors (Lipinski definition) is 3. The lowest BCUT2D eigenvalue weighted by molar-refractivity contribution is 0.149. The van der Waals surface area contributed by atoms with E-state index in [1.807, 2.05) is 0 Å². The van der Waals surface area contributed by atoms with Crippen LogP contribution in [0.25, 0.3) is 0 Å². The van der Waals surface area contributed by atoms with Crippen LogP contribution in [0.1, 0.15) is 24.7 Å². The van der Waals surface area contributed by atoms with E-state index in [1.165, 1.54) is 24.5 Å². The van der Waals surface area contributed by atoms with Crippen molar-refractivity contribution in [2.75, 3.05) is 18.5 Å². The van der Waals surface area contributed by atoms with Gasteiger partial charge in [-0.05, 0) is 43.0 Å². The standard InChI is InChI=1S/C17H19FN2O4/c18-12-5-6-13(16(8-12)24-10-11-3-4-11)20-17(22)19-9-14(21)15-2-1-7-23-15/h1-2,5-8,11,14,21H,3-4,9-10H2,(H2,19,20,22)/t14-/m0/s1. The van der Waals surface area contributed by atoms with Gasteiger partial charge in [-0.2, -0.15) is 0 Å². The molecule has 1 aliphatic rings. The lowest BCUT2D eigenvalue weighted by Crippen LogP contribution is -2.32. The van der Waals surface area contributed by atoms with Crippen molar-refractivity contribution >= 4 is 11.7 Å². The van der Waals surface area contributed by atoms with E-state index in [0.717, 1.165) is 12.8 Å². The monoisotopic (exact) mass is 334 g/mol. The van der Waals surface area contributed by atoms with Crippen LogP contribution >= 0.6 is 0 Å². The van der Waals surface area contributed by atoms with E-state index in [4.69, 9.17) is 9.15 Å². The zero-order valence-corrected chi connectivity index (χ0v) is 13.0. The van der Waals surface area contributed by atoms with Gasteiger partial charge in [0.25, 0.3) is 0 Å². The number of aliphatic hydroxyl groups excluding tert-OH is 1. The first-order valence-corrected chi connectivity index (χ1v) is 7.80. The molecule has 2 aromatic rings. The number of ether oxygens (including phenoxy) is 1. The number of amides is 2. The molecule has 1 atom stereocenters. The average molecular weight is 334 g/mol. The third-order valence-electron chi connectivity index (χ3n) is 3.69. The molecule has 0 unspecified atom stereocenters. The number of anilines is 1. The van der Waals surface area contributed by atoms with Gasteiger partial charge in [-0.1, -0.05) is 0 Å². The van der Waals surface area contributed by atoms with Gasteiger partial charge < -0.3 is 24.9 Å². The van der Waals surface area contributed by atoms with Crippen LogP contribution in [-0.4, -0.2) is 24.3 Å². The summed E-state index contributed by atoms with van der Waals surface area (Å²) in [6.07, 6.45) is 2.73. The molecule has 1 aromatic heterocycles. The quantitative estimate of drug-likeness (QED) is 0.727. The Morgan fingerprint density at radius 1 is 1.42 bits per heavy atom. The lowest BCUT2D eigenvalue weighted by atomic mass is 10.2. The summed E-state index contributed by atoms with van der Waals surface area (Å²) in [7, 11) is 0. The summed E-state index contributed by atoms with van der Waals surface area (Å²) in [5.74, 6) is 0.743. The molecule has 2 amide bonds. The van der Waals surface area contributed by atoms with Gasteiger partial charge in [0.15, 0.2) is 0 Å². The minimum atomic E-state index is -0.940. The average Bonchev–Trinajstić information content (AvgIpc) is 3.23. The summed E-state index contributed by atoms with van der Waals surface area (Å²) >= 11 is 0. The molecule has 1 aliphatic carbocycles. The normalized spacial score (nSPS) is 14.9. The summed E-state index contributed by atoms with van der Waals surface area (Å²) in [4.78, 5) is 12.0. The fourth-order valence-corrected chi connectivity index (χ4v) is 2.15. The van der Waals surface area contributed by atoms with Crippen LogP contribution < -0.4 is 15.4 Å². The van der Waals surface area contributed by atoms with E-state index in [2.05, 4.69) is 10.6 Å². The molecule has 3 rings (SSSR count). The van der Waals surface area contributed by atoms with E-state index in [0.29, 0.717) is 29.7 Å². The first-order valence-electron chi connectivity index (χ1n) is 7.80. The van der Waals surface area contributed by atoms with Crippen LogP contribution in [0.5, 0.6) is 5.75 Å². The Hall–Kier alpha value is -2.54. The van der Waals surface area contributed by atoms with Gasteiger partial charge in [0, 0.05) is 6.07 Å². The number of halogens is 1. The van der Waals surface area contributed by atoms with Crippen LogP contribution in [0.4, 0.5) is 14.9 Å². The number of hydrogen-bond acceptors (Lipinski definition) is 4. The minimum absolute atomic E-state index is 0.0151. The summed E-state index contributed by atoms with van der Waals surface area (Å²) in [5.41, 5.74) is 0.377. The number of carbonyl (C=O) groups is 1. The van der Waals surface area contributed by atoms with Crippen molar-refractivity contribution < 1.29 is 23.4 Å². The summed E-state index contributed by atoms with van der Waals surface area (Å²) < 4.78 is 24.0. The van der Waals surface area contributed by atoms with Crippen molar-refractivity contribution in [2.45, 2.75) is 18.9 Å². The summed E-state index contributed by atoms with van der Waals surface area (Å²) in [5, 5.41) is 15.0. The third kappa shape index (κ3) is 4.48. The van der Waals surface area contributed by atoms with Crippen LogP contribution in [0.2, 0.25) is 0 Å². The summed E-state index contributed by atoms with van der Waals surface area (Å²) in [6.45, 7) is 0.496. The molecule has 128 valence electrons. The molecule has 0 aliphatic heterocycles. The van der Waals surface area contributed by atoms with Gasteiger partial charge in [0.05, 0.1) is 25.1 Å². The van der Waals surface area contributed by atoms with E-state index in [-0.39, 0.29) is 6.54 Å². The van der Waals surface area contributed by atoms with Gasteiger partial charge in [0.1, 0.15) is 23.4 Å². The molecule has 7 heteroatoms. The number of furan rings is 1. The summed E-state index contributed by atoms with van der Waals surface area (Å²) in [6, 6.07) is 6.69. The Morgan fingerprint density at radius 3 is 2.96 bits per heavy atom. The largest absolute Gasteiger partial charge is 0.491 e. The Labute approximate surface area is 138 Å². The number of benzene rings is 1. The predicted molar refractivity (Wildman–Crippen MR) is 85.3 cm³/mol. The molecular formula is C17H19FN2O4. The number of nitrogens with one attached hydrogen (secondary N) is 2.